The zero-order chi connectivity index (χ0) is 7.28. The first kappa shape index (κ1) is 8.19. The van der Waals surface area contributed by atoms with Crippen LogP contribution in [0.5, 0.6) is 0 Å². The third-order valence-corrected chi connectivity index (χ3v) is 0.625. The number of alkyl halides is 1. The first-order valence-electron chi connectivity index (χ1n) is 1.91. The molecule has 0 aromatic heterocycles. The Morgan fingerprint density at radius 1 is 1.67 bits per heavy atom. The van der Waals surface area contributed by atoms with Crippen molar-refractivity contribution < 1.29 is 19.5 Å². The second kappa shape index (κ2) is 4.11. The van der Waals surface area contributed by atoms with Crippen LogP contribution in [0.4, 0.5) is 4.79 Å². The maximum Gasteiger partial charge on any atom is 0.438 e. The molecule has 5 nitrogen and oxygen atoms in total. The molecule has 0 heterocycles. The Morgan fingerprint density at radius 3 is 2.56 bits per heavy atom. The second-order valence-electron chi connectivity index (χ2n) is 1.01. The fourth-order valence-corrected chi connectivity index (χ4v) is 0.208. The molecule has 0 aliphatic carbocycles. The molecule has 0 rings (SSSR count). The van der Waals surface area contributed by atoms with Crippen molar-refractivity contribution in [2.24, 2.45) is 0 Å². The molecule has 9 heavy (non-hydrogen) atoms. The van der Waals surface area contributed by atoms with Crippen LogP contribution >= 0.6 is 11.6 Å². The first-order valence-corrected chi connectivity index (χ1v) is 2.45. The van der Waals surface area contributed by atoms with E-state index in [4.69, 9.17) is 16.8 Å². The summed E-state index contributed by atoms with van der Waals surface area (Å²) in [7, 11) is 0. The Morgan fingerprint density at radius 2 is 2.22 bits per heavy atom. The molecule has 52 valence electrons. The molecule has 0 saturated heterocycles. The quantitative estimate of drug-likeness (QED) is 0.181. The molecule has 1 amide bonds. The highest BCUT2D eigenvalue weighted by Crippen LogP contribution is 1.81. The predicted octanol–water partition coefficient (Wildman–Crippen LogP) is -0.133. The fourth-order valence-electron chi connectivity index (χ4n) is 0.153. The average Bonchev–Trinajstić information content (AvgIpc) is 1.87. The molecular formula is C3H4ClNO4. The van der Waals surface area contributed by atoms with Gasteiger partial charge in [0.05, 0.1) is 0 Å². The topological polar surface area (TPSA) is 75.6 Å². The van der Waals surface area contributed by atoms with Gasteiger partial charge in [0.2, 0.25) is 0 Å². The van der Waals surface area contributed by atoms with Crippen LogP contribution in [0, 0.1) is 0 Å². The van der Waals surface area contributed by atoms with Gasteiger partial charge in [-0.05, 0) is 0 Å². The lowest BCUT2D eigenvalue weighted by Crippen LogP contribution is -2.23. The fraction of sp³-hybridized carbons (Fsp3) is 0.333. The van der Waals surface area contributed by atoms with Crippen LogP contribution in [0.1, 0.15) is 0 Å². The summed E-state index contributed by atoms with van der Waals surface area (Å²) in [5.41, 5.74) is 1.09. The average molecular weight is 154 g/mol. The second-order valence-corrected chi connectivity index (χ2v) is 1.27. The van der Waals surface area contributed by atoms with Crippen molar-refractivity contribution in [1.29, 1.82) is 0 Å². The van der Waals surface area contributed by atoms with Crippen LogP contribution in [0.3, 0.4) is 0 Å². The molecule has 0 spiro atoms. The number of esters is 1. The zero-order valence-electron chi connectivity index (χ0n) is 4.26. The van der Waals surface area contributed by atoms with Gasteiger partial charge in [-0.3, -0.25) is 10.0 Å². The van der Waals surface area contributed by atoms with E-state index in [9.17, 15) is 9.59 Å². The summed E-state index contributed by atoms with van der Waals surface area (Å²) in [6.45, 7) is 0. The largest absolute Gasteiger partial charge is 0.438 e. The molecule has 0 fully saturated rings. The maximum absolute atomic E-state index is 10.1. The van der Waals surface area contributed by atoms with Crippen molar-refractivity contribution in [3.63, 3.8) is 0 Å². The SMILES string of the molecule is O=C(CCl)OC(=O)NO. The molecule has 0 saturated carbocycles. The number of hydrogen-bond donors (Lipinski definition) is 2. The van der Waals surface area contributed by atoms with Gasteiger partial charge in [-0.25, -0.2) is 10.3 Å². The van der Waals surface area contributed by atoms with Crippen molar-refractivity contribution in [3.05, 3.63) is 0 Å². The molecule has 6 heteroatoms. The van der Waals surface area contributed by atoms with E-state index in [2.05, 4.69) is 4.74 Å². The molecule has 0 radical (unpaired) electrons. The maximum atomic E-state index is 10.1. The highest BCUT2D eigenvalue weighted by Gasteiger charge is 2.05. The lowest BCUT2D eigenvalue weighted by atomic mass is 10.8. The van der Waals surface area contributed by atoms with E-state index in [-0.39, 0.29) is 0 Å². The summed E-state index contributed by atoms with van der Waals surface area (Å²) in [5.74, 6) is -1.34. The molecule has 2 N–H and O–H groups in total. The van der Waals surface area contributed by atoms with Crippen molar-refractivity contribution in [1.82, 2.24) is 5.48 Å². The molecule has 0 aliphatic heterocycles. The van der Waals surface area contributed by atoms with E-state index in [1.54, 1.807) is 0 Å². The van der Waals surface area contributed by atoms with E-state index in [0.29, 0.717) is 0 Å². The number of hydrogen-bond acceptors (Lipinski definition) is 4. The number of ether oxygens (including phenoxy) is 1. The lowest BCUT2D eigenvalue weighted by Gasteiger charge is -1.95. The summed E-state index contributed by atoms with van der Waals surface area (Å²) >= 11 is 4.92. The minimum Gasteiger partial charge on any atom is -0.374 e. The van der Waals surface area contributed by atoms with Crippen LogP contribution in [0.15, 0.2) is 0 Å². The Labute approximate surface area is 55.5 Å². The van der Waals surface area contributed by atoms with Gasteiger partial charge in [-0.2, -0.15) is 0 Å². The number of amides is 1. The Kier molecular flexibility index (Phi) is 3.74. The van der Waals surface area contributed by atoms with E-state index < -0.39 is 17.9 Å². The molecule has 0 bridgehead atoms. The molecule has 0 aromatic rings. The predicted molar refractivity (Wildman–Crippen MR) is 27.1 cm³/mol. The van der Waals surface area contributed by atoms with Gasteiger partial charge in [0.1, 0.15) is 5.88 Å². The Balaban J connectivity index is 3.47. The van der Waals surface area contributed by atoms with Gasteiger partial charge >= 0.3 is 12.1 Å². The van der Waals surface area contributed by atoms with Gasteiger partial charge < -0.3 is 4.74 Å². The minimum absolute atomic E-state index is 0.423. The number of carbonyl (C=O) groups is 2. The van der Waals surface area contributed by atoms with Crippen molar-refractivity contribution in [3.8, 4) is 0 Å². The van der Waals surface area contributed by atoms with Crippen LogP contribution in [0.25, 0.3) is 0 Å². The smallest absolute Gasteiger partial charge is 0.374 e. The van der Waals surface area contributed by atoms with Gasteiger partial charge in [-0.1, -0.05) is 0 Å². The minimum atomic E-state index is -1.24. The van der Waals surface area contributed by atoms with Gasteiger partial charge in [0, 0.05) is 0 Å². The highest BCUT2D eigenvalue weighted by molar-refractivity contribution is 6.26. The highest BCUT2D eigenvalue weighted by atomic mass is 35.5. The van der Waals surface area contributed by atoms with E-state index >= 15 is 0 Å². The van der Waals surface area contributed by atoms with Gasteiger partial charge in [0.15, 0.2) is 0 Å². The summed E-state index contributed by atoms with van der Waals surface area (Å²) in [6, 6.07) is 0. The normalized spacial score (nSPS) is 8.22. The third-order valence-electron chi connectivity index (χ3n) is 0.407. The monoisotopic (exact) mass is 153 g/mol. The Bertz CT molecular complexity index is 111. The lowest BCUT2D eigenvalue weighted by molar-refractivity contribution is -0.135. The first-order chi connectivity index (χ1) is 4.20. The molecule has 0 aromatic carbocycles. The van der Waals surface area contributed by atoms with E-state index in [1.807, 2.05) is 0 Å². The third kappa shape index (κ3) is 3.75. The van der Waals surface area contributed by atoms with Crippen LogP contribution in [-0.4, -0.2) is 23.1 Å². The summed E-state index contributed by atoms with van der Waals surface area (Å²) in [4.78, 5) is 20.0. The van der Waals surface area contributed by atoms with Crippen LogP contribution in [-0.2, 0) is 9.53 Å². The summed E-state index contributed by atoms with van der Waals surface area (Å²) in [6.07, 6.45) is -1.24. The van der Waals surface area contributed by atoms with Gasteiger partial charge in [0.25, 0.3) is 0 Å². The Hall–Kier alpha value is -0.810. The molecule has 0 aliphatic rings. The van der Waals surface area contributed by atoms with Crippen molar-refractivity contribution in [2.75, 3.05) is 5.88 Å². The molecular weight excluding hydrogens is 149 g/mol. The van der Waals surface area contributed by atoms with Crippen LogP contribution < -0.4 is 5.48 Å². The van der Waals surface area contributed by atoms with E-state index in [0.717, 1.165) is 5.48 Å². The van der Waals surface area contributed by atoms with E-state index in [1.165, 1.54) is 0 Å². The van der Waals surface area contributed by atoms with Crippen LogP contribution in [0.2, 0.25) is 0 Å². The summed E-state index contributed by atoms with van der Waals surface area (Å²) in [5, 5.41) is 7.76. The standard InChI is InChI=1S/C3H4ClNO4/c4-1-2(6)9-3(7)5-8/h8H,1H2,(H,5,7). The number of rotatable bonds is 1. The number of halogens is 1. The van der Waals surface area contributed by atoms with Crippen molar-refractivity contribution >= 4 is 23.7 Å². The van der Waals surface area contributed by atoms with Crippen molar-refractivity contribution in [2.45, 2.75) is 0 Å². The number of hydroxylamine groups is 1. The van der Waals surface area contributed by atoms with Gasteiger partial charge in [-0.15, -0.1) is 11.6 Å². The molecule has 0 atom stereocenters. The number of nitrogens with one attached hydrogen (secondary N) is 1. The zero-order valence-corrected chi connectivity index (χ0v) is 5.01. The summed E-state index contributed by atoms with van der Waals surface area (Å²) < 4.78 is 3.78. The molecule has 0 unspecified atom stereocenters. The number of carbonyl (C=O) groups excluding carboxylic acids is 2.